The first-order chi connectivity index (χ1) is 0. The Labute approximate surface area is 129 Å². The zero-order valence-corrected chi connectivity index (χ0v) is 2.62. The van der Waals surface area contributed by atoms with Crippen molar-refractivity contribution in [3.8, 4) is 0 Å². The summed E-state index contributed by atoms with van der Waals surface area (Å²) in [6.45, 7) is 0. The van der Waals surface area contributed by atoms with Crippen LogP contribution in [0, 0.1) is 39.9 Å². The molecule has 0 atom stereocenters. The Morgan fingerprint density at radius 1 is 1.00 bits per heavy atom. The molecule has 0 aliphatic heterocycles. The van der Waals surface area contributed by atoms with Gasteiger partial charge in [0.05, 0.1) is 0 Å². The van der Waals surface area contributed by atoms with Crippen LogP contribution in [0.2, 0.25) is 0 Å². The van der Waals surface area contributed by atoms with E-state index in [0.717, 1.165) is 0 Å². The summed E-state index contributed by atoms with van der Waals surface area (Å²) in [4.78, 5) is 0. The van der Waals surface area contributed by atoms with Gasteiger partial charge in [0, 0.05) is 39.9 Å². The maximum atomic E-state index is 0. The van der Waals surface area contributed by atoms with Gasteiger partial charge in [0.2, 0.25) is 0 Å². The first-order valence-corrected chi connectivity index (χ1v) is 0. The molecule has 5 heavy (non-hydrogen) atoms. The molecule has 5 heteroatoms. The first-order valence-electron chi connectivity index (χ1n) is 0. The van der Waals surface area contributed by atoms with Crippen molar-refractivity contribution in [3.63, 3.8) is 0 Å². The predicted molar refractivity (Wildman–Crippen MR) is 38.4 cm³/mol. The molecule has 0 unspecified atom stereocenters. The molecular formula is H11GaGdGeInNa. The second-order valence-electron chi connectivity index (χ2n) is 0. The molecule has 0 bridgehead atoms. The quantitative estimate of drug-likeness (QED) is 0.328. The summed E-state index contributed by atoms with van der Waals surface area (Å²) in [7, 11) is 0. The molecule has 0 nitrogen and oxygen atoms in total. The Morgan fingerprint density at radius 3 is 1.00 bits per heavy atom. The Hall–Kier alpha value is 4.37. The van der Waals surface area contributed by atoms with Gasteiger partial charge in [-0.15, -0.1) is 0 Å². The van der Waals surface area contributed by atoms with Crippen LogP contribution >= 0.6 is 0 Å². The third kappa shape index (κ3) is 17.8. The van der Waals surface area contributed by atoms with Crippen molar-refractivity contribution in [2.45, 2.75) is 0 Å². The number of rotatable bonds is 0. The summed E-state index contributed by atoms with van der Waals surface area (Å²) >= 11 is 0. The molecule has 0 saturated heterocycles. The van der Waals surface area contributed by atoms with Crippen LogP contribution in [0.5, 0.6) is 0 Å². The first kappa shape index (κ1) is 34.4. The summed E-state index contributed by atoms with van der Waals surface area (Å²) < 4.78 is 0. The molecule has 0 saturated carbocycles. The topological polar surface area (TPSA) is 0 Å². The third-order valence-electron chi connectivity index (χ3n) is 0. The van der Waals surface area contributed by atoms with E-state index in [4.69, 9.17) is 0 Å². The van der Waals surface area contributed by atoms with E-state index in [1.165, 1.54) is 0 Å². The summed E-state index contributed by atoms with van der Waals surface area (Å²) in [5.41, 5.74) is 0. The molecule has 30 valence electrons. The van der Waals surface area contributed by atoms with Gasteiger partial charge in [-0.1, -0.05) is 0 Å². The average Bonchev–Trinajstić information content (AvgIpc) is 0. The third-order valence-corrected chi connectivity index (χ3v) is 0. The molecule has 0 N–H and O–H groups in total. The molecule has 0 aliphatic carbocycles. The van der Waals surface area contributed by atoms with E-state index < -0.39 is 0 Å². The van der Waals surface area contributed by atoms with Crippen LogP contribution in [-0.2, 0) is 0 Å². The molecule has 0 fully saturated rings. The van der Waals surface area contributed by atoms with E-state index >= 15 is 0 Å². The van der Waals surface area contributed by atoms with Gasteiger partial charge >= 0.3 is 92.8 Å². The van der Waals surface area contributed by atoms with Gasteiger partial charge in [-0.2, -0.15) is 0 Å². The van der Waals surface area contributed by atoms with Crippen LogP contribution in [0.1, 0.15) is 0 Å². The molecule has 0 aromatic rings. The van der Waals surface area contributed by atoms with Crippen LogP contribution < -0.4 is 0 Å². The maximum absolute atomic E-state index is 0. The number of hydrogen-bond donors (Lipinski definition) is 0. The second kappa shape index (κ2) is 23.8. The monoisotopic (exact) mass is 450 g/mol. The van der Waals surface area contributed by atoms with E-state index in [0.29, 0.717) is 0 Å². The van der Waals surface area contributed by atoms with Crippen LogP contribution in [0.4, 0.5) is 0 Å². The minimum absolute atomic E-state index is 0. The molecule has 0 aromatic carbocycles. The van der Waals surface area contributed by atoms with E-state index in [9.17, 15) is 0 Å². The van der Waals surface area contributed by atoms with Gasteiger partial charge in [-0.3, -0.25) is 0 Å². The normalized spacial score (nSPS) is 0. The van der Waals surface area contributed by atoms with Crippen LogP contribution in [-0.4, -0.2) is 92.8 Å². The van der Waals surface area contributed by atoms with Gasteiger partial charge < -0.3 is 0 Å². The van der Waals surface area contributed by atoms with Crippen molar-refractivity contribution in [2.24, 2.45) is 0 Å². The van der Waals surface area contributed by atoms with Crippen molar-refractivity contribution in [3.05, 3.63) is 0 Å². The fourth-order valence-electron chi connectivity index (χ4n) is 0. The predicted octanol–water partition coefficient (Wildman–Crippen LogP) is -4.47. The van der Waals surface area contributed by atoms with Gasteiger partial charge in [0.15, 0.2) is 0 Å². The number of hydrogen-bond acceptors (Lipinski definition) is 0. The van der Waals surface area contributed by atoms with Gasteiger partial charge in [-0.05, 0) is 0 Å². The summed E-state index contributed by atoms with van der Waals surface area (Å²) in [5, 5.41) is 0. The molecule has 0 heterocycles. The van der Waals surface area contributed by atoms with E-state index in [1.807, 2.05) is 0 Å². The Morgan fingerprint density at radius 2 is 1.00 bits per heavy atom. The zero-order valence-electron chi connectivity index (χ0n) is 0.354. The Bertz CT molecular complexity index is 11.6. The van der Waals surface area contributed by atoms with Crippen molar-refractivity contribution in [2.75, 3.05) is 0 Å². The van der Waals surface area contributed by atoms with Gasteiger partial charge in [0.25, 0.3) is 0 Å². The molecule has 0 aromatic heterocycles. The molecule has 0 amide bonds. The average molecular weight is 448 g/mol. The Kier molecular flexibility index (Phi) is 164. The molecular weight excluding hydrogens is 437 g/mol. The molecule has 0 aliphatic rings. The summed E-state index contributed by atoms with van der Waals surface area (Å²) in [6.07, 6.45) is 0. The van der Waals surface area contributed by atoms with Crippen LogP contribution in [0.25, 0.3) is 0 Å². The van der Waals surface area contributed by atoms with E-state index in [-0.39, 0.29) is 133 Å². The van der Waals surface area contributed by atoms with Gasteiger partial charge in [0.1, 0.15) is 0 Å². The fourth-order valence-corrected chi connectivity index (χ4v) is 0. The van der Waals surface area contributed by atoms with Crippen LogP contribution in [0.3, 0.4) is 0 Å². The Balaban J connectivity index is 0. The SMILES string of the molecule is [GaH3].[Gd].[GeH4].[InH3].[NaH]. The zero-order chi connectivity index (χ0) is 0. The standard InChI is InChI=1S/Ga.Gd.GeH4.In.Na.7H/h;;1H4;;;;;;;;;. The van der Waals surface area contributed by atoms with Crippen molar-refractivity contribution in [1.29, 1.82) is 0 Å². The second-order valence-corrected chi connectivity index (χ2v) is 0. The van der Waals surface area contributed by atoms with Crippen molar-refractivity contribution >= 4 is 92.8 Å². The van der Waals surface area contributed by atoms with Crippen LogP contribution in [0.15, 0.2) is 0 Å². The summed E-state index contributed by atoms with van der Waals surface area (Å²) in [5.74, 6) is 0. The molecule has 0 rings (SSSR count). The molecule has 0 spiro atoms. The van der Waals surface area contributed by atoms with E-state index in [1.54, 1.807) is 0 Å². The van der Waals surface area contributed by atoms with Crippen molar-refractivity contribution in [1.82, 2.24) is 0 Å². The van der Waals surface area contributed by atoms with E-state index in [2.05, 4.69) is 0 Å². The molecule has 0 radical (unpaired) electrons. The summed E-state index contributed by atoms with van der Waals surface area (Å²) in [6, 6.07) is 0. The van der Waals surface area contributed by atoms with Crippen molar-refractivity contribution < 1.29 is 39.9 Å². The fraction of sp³-hybridized carbons (Fsp3) is 0. The van der Waals surface area contributed by atoms with Gasteiger partial charge in [-0.25, -0.2) is 0 Å². The minimum atomic E-state index is 0.